The van der Waals surface area contributed by atoms with E-state index in [1.165, 1.54) is 22.7 Å². The van der Waals surface area contributed by atoms with Crippen molar-refractivity contribution in [1.82, 2.24) is 10.3 Å². The standard InChI is InChI=1S/C16H15N3O3S3/c1-9-6-13(11-4-5-23-15(11)25(9,21)22)19-16(20)18-10-2-3-12-14(7-10)24-8-17-12/h2-5,7-9,13H,6H2,1H3,(H2,18,19,20)/t9-,13-/m0/s1. The molecule has 6 nitrogen and oxygen atoms in total. The number of rotatable bonds is 2. The van der Waals surface area contributed by atoms with Gasteiger partial charge in [-0.05, 0) is 43.0 Å². The van der Waals surface area contributed by atoms with Gasteiger partial charge < -0.3 is 10.6 Å². The second-order valence-corrected chi connectivity index (χ2v) is 10.3. The molecule has 3 heterocycles. The molecule has 1 aliphatic heterocycles. The predicted octanol–water partition coefficient (Wildman–Crippen LogP) is 3.79. The van der Waals surface area contributed by atoms with E-state index in [2.05, 4.69) is 15.6 Å². The number of urea groups is 1. The first kappa shape index (κ1) is 16.5. The lowest BCUT2D eigenvalue weighted by atomic mass is 10.1. The molecule has 0 aliphatic carbocycles. The molecule has 0 radical (unpaired) electrons. The number of amides is 2. The molecule has 2 N–H and O–H groups in total. The third-order valence-corrected chi connectivity index (χ3v) is 8.79. The summed E-state index contributed by atoms with van der Waals surface area (Å²) in [7, 11) is -3.28. The van der Waals surface area contributed by atoms with E-state index >= 15 is 0 Å². The van der Waals surface area contributed by atoms with Gasteiger partial charge in [0, 0.05) is 11.3 Å². The van der Waals surface area contributed by atoms with Crippen LogP contribution >= 0.6 is 22.7 Å². The quantitative estimate of drug-likeness (QED) is 0.693. The Morgan fingerprint density at radius 2 is 2.12 bits per heavy atom. The molecule has 2 atom stereocenters. The van der Waals surface area contributed by atoms with Crippen molar-refractivity contribution < 1.29 is 13.2 Å². The van der Waals surface area contributed by atoms with Gasteiger partial charge in [-0.25, -0.2) is 18.2 Å². The number of thiophene rings is 1. The van der Waals surface area contributed by atoms with E-state index in [4.69, 9.17) is 0 Å². The minimum Gasteiger partial charge on any atom is -0.331 e. The molecule has 4 rings (SSSR count). The van der Waals surface area contributed by atoms with Crippen LogP contribution in [0.5, 0.6) is 0 Å². The number of thiazole rings is 1. The summed E-state index contributed by atoms with van der Waals surface area (Å²) in [4.78, 5) is 16.6. The van der Waals surface area contributed by atoms with Crippen molar-refractivity contribution in [2.24, 2.45) is 0 Å². The van der Waals surface area contributed by atoms with Crippen LogP contribution in [0.3, 0.4) is 0 Å². The maximum absolute atomic E-state index is 12.4. The fourth-order valence-electron chi connectivity index (χ4n) is 2.96. The minimum absolute atomic E-state index is 0.313. The summed E-state index contributed by atoms with van der Waals surface area (Å²) in [5.74, 6) is 0. The summed E-state index contributed by atoms with van der Waals surface area (Å²) in [6.45, 7) is 1.68. The molecule has 9 heteroatoms. The fourth-order valence-corrected chi connectivity index (χ4v) is 6.91. The van der Waals surface area contributed by atoms with Gasteiger partial charge in [0.05, 0.1) is 27.0 Å². The highest BCUT2D eigenvalue weighted by Crippen LogP contribution is 2.39. The Hall–Kier alpha value is -1.97. The van der Waals surface area contributed by atoms with E-state index in [1.807, 2.05) is 12.1 Å². The number of carbonyl (C=O) groups excluding carboxylic acids is 1. The first-order valence-electron chi connectivity index (χ1n) is 7.67. The Bertz CT molecular complexity index is 1050. The van der Waals surface area contributed by atoms with Crippen molar-refractivity contribution in [2.75, 3.05) is 5.32 Å². The van der Waals surface area contributed by atoms with Crippen LogP contribution in [0.15, 0.2) is 39.4 Å². The topological polar surface area (TPSA) is 88.2 Å². The Morgan fingerprint density at radius 3 is 2.96 bits per heavy atom. The molecule has 2 aromatic heterocycles. The van der Waals surface area contributed by atoms with Crippen molar-refractivity contribution in [3.63, 3.8) is 0 Å². The summed E-state index contributed by atoms with van der Waals surface area (Å²) < 4.78 is 26.1. The van der Waals surface area contributed by atoms with E-state index in [0.29, 0.717) is 21.9 Å². The van der Waals surface area contributed by atoms with Crippen molar-refractivity contribution >= 4 is 54.4 Å². The fraction of sp³-hybridized carbons (Fsp3) is 0.250. The number of aromatic nitrogens is 1. The molecule has 0 unspecified atom stereocenters. The van der Waals surface area contributed by atoms with Crippen LogP contribution in [-0.2, 0) is 9.84 Å². The largest absolute Gasteiger partial charge is 0.331 e. The lowest BCUT2D eigenvalue weighted by molar-refractivity contribution is 0.247. The number of nitrogens with one attached hydrogen (secondary N) is 2. The van der Waals surface area contributed by atoms with E-state index in [1.54, 1.807) is 29.9 Å². The molecule has 0 spiro atoms. The van der Waals surface area contributed by atoms with Gasteiger partial charge in [-0.2, -0.15) is 0 Å². The summed E-state index contributed by atoms with van der Waals surface area (Å²) >= 11 is 2.72. The van der Waals surface area contributed by atoms with Gasteiger partial charge in [0.15, 0.2) is 9.84 Å². The lowest BCUT2D eigenvalue weighted by Gasteiger charge is -2.28. The zero-order chi connectivity index (χ0) is 17.6. The van der Waals surface area contributed by atoms with E-state index in [9.17, 15) is 13.2 Å². The molecule has 0 bridgehead atoms. The minimum atomic E-state index is -3.28. The molecule has 2 amide bonds. The molecule has 25 heavy (non-hydrogen) atoms. The molecule has 130 valence electrons. The van der Waals surface area contributed by atoms with Crippen LogP contribution in [0.1, 0.15) is 24.9 Å². The van der Waals surface area contributed by atoms with E-state index in [0.717, 1.165) is 10.2 Å². The predicted molar refractivity (Wildman–Crippen MR) is 100 cm³/mol. The number of carbonyl (C=O) groups is 1. The molecule has 1 aliphatic rings. The zero-order valence-corrected chi connectivity index (χ0v) is 15.7. The van der Waals surface area contributed by atoms with E-state index in [-0.39, 0.29) is 12.1 Å². The Kier molecular flexibility index (Phi) is 4.01. The average molecular weight is 394 g/mol. The van der Waals surface area contributed by atoms with E-state index < -0.39 is 15.1 Å². The van der Waals surface area contributed by atoms with Crippen LogP contribution in [0.25, 0.3) is 10.2 Å². The summed E-state index contributed by atoms with van der Waals surface area (Å²) in [5.41, 5.74) is 4.01. The number of hydrogen-bond acceptors (Lipinski definition) is 6. The first-order valence-corrected chi connectivity index (χ1v) is 11.0. The lowest BCUT2D eigenvalue weighted by Crippen LogP contribution is -2.38. The van der Waals surface area contributed by atoms with Gasteiger partial charge in [0.1, 0.15) is 4.21 Å². The van der Waals surface area contributed by atoms with Crippen molar-refractivity contribution in [2.45, 2.75) is 28.8 Å². The number of anilines is 1. The van der Waals surface area contributed by atoms with Crippen LogP contribution in [0.4, 0.5) is 10.5 Å². The van der Waals surface area contributed by atoms with Gasteiger partial charge in [-0.3, -0.25) is 0 Å². The summed E-state index contributed by atoms with van der Waals surface area (Å²) in [6.07, 6.45) is 0.368. The van der Waals surface area contributed by atoms with Gasteiger partial charge in [-0.1, -0.05) is 0 Å². The van der Waals surface area contributed by atoms with Crippen molar-refractivity contribution in [3.05, 3.63) is 40.7 Å². The highest BCUT2D eigenvalue weighted by molar-refractivity contribution is 7.94. The monoisotopic (exact) mass is 393 g/mol. The normalized spacial score (nSPS) is 21.6. The third-order valence-electron chi connectivity index (χ3n) is 4.28. The number of fused-ring (bicyclic) bond motifs is 2. The van der Waals surface area contributed by atoms with Crippen LogP contribution < -0.4 is 10.6 Å². The maximum atomic E-state index is 12.4. The highest BCUT2D eigenvalue weighted by atomic mass is 32.2. The van der Waals surface area contributed by atoms with Gasteiger partial charge in [0.2, 0.25) is 0 Å². The number of nitrogens with zero attached hydrogens (tertiary/aromatic N) is 1. The Balaban J connectivity index is 1.53. The Labute approximate surface area is 152 Å². The molecular formula is C16H15N3O3S3. The summed E-state index contributed by atoms with van der Waals surface area (Å²) in [6, 6.07) is 6.64. The zero-order valence-electron chi connectivity index (χ0n) is 13.2. The number of hydrogen-bond donors (Lipinski definition) is 2. The molecule has 0 saturated carbocycles. The van der Waals surface area contributed by atoms with Crippen LogP contribution in [0.2, 0.25) is 0 Å². The highest BCUT2D eigenvalue weighted by Gasteiger charge is 2.37. The van der Waals surface area contributed by atoms with Crippen molar-refractivity contribution in [3.8, 4) is 0 Å². The van der Waals surface area contributed by atoms with Gasteiger partial charge >= 0.3 is 6.03 Å². The van der Waals surface area contributed by atoms with Gasteiger partial charge in [-0.15, -0.1) is 22.7 Å². The smallest absolute Gasteiger partial charge is 0.319 e. The molecular weight excluding hydrogens is 378 g/mol. The van der Waals surface area contributed by atoms with Crippen LogP contribution in [0, 0.1) is 0 Å². The second kappa shape index (κ2) is 6.08. The number of benzene rings is 1. The molecule has 3 aromatic rings. The number of sulfone groups is 1. The maximum Gasteiger partial charge on any atom is 0.319 e. The first-order chi connectivity index (χ1) is 11.9. The second-order valence-electron chi connectivity index (χ2n) is 5.94. The molecule has 0 saturated heterocycles. The van der Waals surface area contributed by atoms with Gasteiger partial charge in [0.25, 0.3) is 0 Å². The SMILES string of the molecule is C[C@H]1C[C@H](NC(=O)Nc2ccc3ncsc3c2)c2ccsc2S1(=O)=O. The molecule has 0 fully saturated rings. The molecule has 1 aromatic carbocycles. The summed E-state index contributed by atoms with van der Waals surface area (Å²) in [5, 5.41) is 6.95. The Morgan fingerprint density at radius 1 is 1.28 bits per heavy atom. The third kappa shape index (κ3) is 2.92. The average Bonchev–Trinajstić information content (AvgIpc) is 3.22. The van der Waals surface area contributed by atoms with Crippen LogP contribution in [-0.4, -0.2) is 24.7 Å². The van der Waals surface area contributed by atoms with Crippen molar-refractivity contribution in [1.29, 1.82) is 0 Å².